The van der Waals surface area contributed by atoms with Crippen molar-refractivity contribution in [1.29, 1.82) is 0 Å². The van der Waals surface area contributed by atoms with Crippen molar-refractivity contribution < 1.29 is 19.5 Å². The van der Waals surface area contributed by atoms with Gasteiger partial charge in [0.1, 0.15) is 0 Å². The largest absolute Gasteiger partial charge is 0.481 e. The van der Waals surface area contributed by atoms with Crippen LogP contribution in [-0.2, 0) is 20.8 Å². The summed E-state index contributed by atoms with van der Waals surface area (Å²) < 4.78 is 0. The Hall–Kier alpha value is -2.02. The lowest BCUT2D eigenvalue weighted by molar-refractivity contribution is -0.136. The Balaban J connectivity index is 2.22. The third kappa shape index (κ3) is 1.84. The summed E-state index contributed by atoms with van der Waals surface area (Å²) in [5.74, 6) is -1.92. The van der Waals surface area contributed by atoms with Gasteiger partial charge < -0.3 is 5.11 Å². The van der Waals surface area contributed by atoms with Gasteiger partial charge in [-0.25, -0.2) is 9.88 Å². The van der Waals surface area contributed by atoms with E-state index in [4.69, 9.17) is 5.11 Å². The van der Waals surface area contributed by atoms with E-state index in [0.29, 0.717) is 5.69 Å². The molecule has 6 nitrogen and oxygen atoms in total. The summed E-state index contributed by atoms with van der Waals surface area (Å²) in [7, 11) is 0. The molecule has 0 spiro atoms. The number of rotatable bonds is 3. The fourth-order valence-corrected chi connectivity index (χ4v) is 2.06. The summed E-state index contributed by atoms with van der Waals surface area (Å²) in [6.07, 6.45) is 2.08. The number of hydrogen-bond acceptors (Lipinski definition) is 5. The second kappa shape index (κ2) is 3.86. The Labute approximate surface area is 93.8 Å². The molecule has 1 aromatic heterocycles. The number of carbonyl (C=O) groups excluding carboxylic acids is 2. The molecule has 2 heterocycles. The van der Waals surface area contributed by atoms with E-state index in [2.05, 4.69) is 4.98 Å². The number of imide groups is 1. The highest BCUT2D eigenvalue weighted by Gasteiger charge is 2.27. The van der Waals surface area contributed by atoms with Crippen molar-refractivity contribution in [1.82, 2.24) is 4.98 Å². The maximum Gasteiger partial charge on any atom is 0.309 e. The SMILES string of the molecule is O=C(O)Cc1csc(N2C(=O)C=CC2=O)n1. The molecule has 0 aliphatic carbocycles. The van der Waals surface area contributed by atoms with Crippen LogP contribution >= 0.6 is 11.3 Å². The summed E-state index contributed by atoms with van der Waals surface area (Å²) in [4.78, 5) is 37.8. The second-order valence-electron chi connectivity index (χ2n) is 3.04. The number of aromatic nitrogens is 1. The monoisotopic (exact) mass is 238 g/mol. The smallest absolute Gasteiger partial charge is 0.309 e. The fourth-order valence-electron chi connectivity index (χ4n) is 1.22. The van der Waals surface area contributed by atoms with E-state index in [1.165, 1.54) is 5.38 Å². The quantitative estimate of drug-likeness (QED) is 0.760. The predicted molar refractivity (Wildman–Crippen MR) is 55.1 cm³/mol. The molecule has 0 saturated carbocycles. The molecule has 0 fully saturated rings. The van der Waals surface area contributed by atoms with Crippen LogP contribution in [0.2, 0.25) is 0 Å². The van der Waals surface area contributed by atoms with E-state index in [1.807, 2.05) is 0 Å². The number of carboxylic acid groups (broad SMARTS) is 1. The van der Waals surface area contributed by atoms with E-state index >= 15 is 0 Å². The highest BCUT2D eigenvalue weighted by atomic mass is 32.1. The lowest BCUT2D eigenvalue weighted by Crippen LogP contribution is -2.29. The van der Waals surface area contributed by atoms with Gasteiger partial charge in [-0.05, 0) is 0 Å². The highest BCUT2D eigenvalue weighted by molar-refractivity contribution is 7.14. The van der Waals surface area contributed by atoms with Crippen LogP contribution in [0.5, 0.6) is 0 Å². The lowest BCUT2D eigenvalue weighted by Gasteiger charge is -2.08. The minimum atomic E-state index is -1.01. The number of nitrogens with zero attached hydrogens (tertiary/aromatic N) is 2. The molecule has 0 unspecified atom stereocenters. The van der Waals surface area contributed by atoms with Crippen molar-refractivity contribution in [3.63, 3.8) is 0 Å². The molecule has 0 saturated heterocycles. The van der Waals surface area contributed by atoms with Gasteiger partial charge in [0.05, 0.1) is 12.1 Å². The van der Waals surface area contributed by atoms with E-state index in [-0.39, 0.29) is 11.6 Å². The molecular weight excluding hydrogens is 232 g/mol. The average Bonchev–Trinajstić information content (AvgIpc) is 2.73. The highest BCUT2D eigenvalue weighted by Crippen LogP contribution is 2.23. The molecular formula is C9H6N2O4S. The fraction of sp³-hybridized carbons (Fsp3) is 0.111. The Bertz CT molecular complexity index is 487. The zero-order chi connectivity index (χ0) is 11.7. The van der Waals surface area contributed by atoms with Crippen LogP contribution in [0.4, 0.5) is 5.13 Å². The molecule has 1 N–H and O–H groups in total. The van der Waals surface area contributed by atoms with Crippen LogP contribution in [0.3, 0.4) is 0 Å². The van der Waals surface area contributed by atoms with E-state index < -0.39 is 17.8 Å². The molecule has 82 valence electrons. The van der Waals surface area contributed by atoms with Crippen molar-refractivity contribution in [2.75, 3.05) is 4.90 Å². The molecule has 2 amide bonds. The summed E-state index contributed by atoms with van der Waals surface area (Å²) in [6.45, 7) is 0. The van der Waals surface area contributed by atoms with Gasteiger partial charge in [0, 0.05) is 17.5 Å². The van der Waals surface area contributed by atoms with Gasteiger partial charge in [-0.3, -0.25) is 14.4 Å². The Morgan fingerprint density at radius 1 is 1.38 bits per heavy atom. The maximum absolute atomic E-state index is 11.3. The molecule has 0 atom stereocenters. The number of thiazole rings is 1. The van der Waals surface area contributed by atoms with Crippen LogP contribution in [0.15, 0.2) is 17.5 Å². The molecule has 16 heavy (non-hydrogen) atoms. The summed E-state index contributed by atoms with van der Waals surface area (Å²) in [6, 6.07) is 0. The third-order valence-electron chi connectivity index (χ3n) is 1.87. The zero-order valence-corrected chi connectivity index (χ0v) is 8.73. The normalized spacial score (nSPS) is 14.9. The molecule has 0 bridgehead atoms. The molecule has 7 heteroatoms. The third-order valence-corrected chi connectivity index (χ3v) is 2.75. The van der Waals surface area contributed by atoms with Gasteiger partial charge in [0.15, 0.2) is 5.13 Å². The maximum atomic E-state index is 11.3. The van der Waals surface area contributed by atoms with E-state index in [1.54, 1.807) is 0 Å². The van der Waals surface area contributed by atoms with E-state index in [9.17, 15) is 14.4 Å². The number of aliphatic carboxylic acids is 1. The molecule has 0 radical (unpaired) electrons. The summed E-state index contributed by atoms with van der Waals surface area (Å²) in [5.41, 5.74) is 0.333. The van der Waals surface area contributed by atoms with Gasteiger partial charge in [0.2, 0.25) is 0 Å². The van der Waals surface area contributed by atoms with Crippen molar-refractivity contribution in [3.8, 4) is 0 Å². The standard InChI is InChI=1S/C9H6N2O4S/c12-6-1-2-7(13)11(6)9-10-5(4-16-9)3-8(14)15/h1-2,4H,3H2,(H,14,15). The van der Waals surface area contributed by atoms with Gasteiger partial charge in [0.25, 0.3) is 11.8 Å². The van der Waals surface area contributed by atoms with Crippen molar-refractivity contribution in [2.45, 2.75) is 6.42 Å². The summed E-state index contributed by atoms with van der Waals surface area (Å²) >= 11 is 1.07. The van der Waals surface area contributed by atoms with Crippen LogP contribution in [-0.4, -0.2) is 27.9 Å². The van der Waals surface area contributed by atoms with Gasteiger partial charge in [-0.1, -0.05) is 0 Å². The average molecular weight is 238 g/mol. The first-order valence-electron chi connectivity index (χ1n) is 4.30. The zero-order valence-electron chi connectivity index (χ0n) is 7.91. The van der Waals surface area contributed by atoms with E-state index in [0.717, 1.165) is 28.4 Å². The Morgan fingerprint density at radius 3 is 2.56 bits per heavy atom. The number of anilines is 1. The Kier molecular flexibility index (Phi) is 2.53. The van der Waals surface area contributed by atoms with Gasteiger partial charge in [-0.2, -0.15) is 0 Å². The molecule has 1 aromatic rings. The van der Waals surface area contributed by atoms with Crippen molar-refractivity contribution >= 4 is 34.3 Å². The van der Waals surface area contributed by atoms with Crippen LogP contribution in [0, 0.1) is 0 Å². The first-order valence-corrected chi connectivity index (χ1v) is 5.18. The molecule has 2 rings (SSSR count). The van der Waals surface area contributed by atoms with Gasteiger partial charge in [-0.15, -0.1) is 11.3 Å². The Morgan fingerprint density at radius 2 is 2.00 bits per heavy atom. The number of amides is 2. The topological polar surface area (TPSA) is 87.6 Å². The first kappa shape index (κ1) is 10.5. The molecule has 1 aliphatic rings. The van der Waals surface area contributed by atoms with Crippen molar-refractivity contribution in [3.05, 3.63) is 23.2 Å². The molecule has 0 aromatic carbocycles. The van der Waals surface area contributed by atoms with Crippen LogP contribution < -0.4 is 4.90 Å². The molecule has 1 aliphatic heterocycles. The predicted octanol–water partition coefficient (Wildman–Crippen LogP) is 0.200. The number of hydrogen-bond donors (Lipinski definition) is 1. The van der Waals surface area contributed by atoms with Crippen LogP contribution in [0.1, 0.15) is 5.69 Å². The van der Waals surface area contributed by atoms with Crippen molar-refractivity contribution in [2.24, 2.45) is 0 Å². The lowest BCUT2D eigenvalue weighted by atomic mass is 10.3. The van der Waals surface area contributed by atoms with Gasteiger partial charge >= 0.3 is 5.97 Å². The van der Waals surface area contributed by atoms with Crippen LogP contribution in [0.25, 0.3) is 0 Å². The number of carbonyl (C=O) groups is 3. The summed E-state index contributed by atoms with van der Waals surface area (Å²) in [5, 5.41) is 10.3. The first-order chi connectivity index (χ1) is 7.58. The number of carboxylic acids is 1. The second-order valence-corrected chi connectivity index (χ2v) is 3.87. The minimum absolute atomic E-state index is 0.205. The minimum Gasteiger partial charge on any atom is -0.481 e.